The Morgan fingerprint density at radius 3 is 1.97 bits per heavy atom. The quantitative estimate of drug-likeness (QED) is 0.703. The molecule has 4 heterocycles. The third-order valence-electron chi connectivity index (χ3n) is 7.99. The molecule has 170 valence electrons. The summed E-state index contributed by atoms with van der Waals surface area (Å²) >= 11 is 0. The summed E-state index contributed by atoms with van der Waals surface area (Å²) in [5.74, 6) is 0.210. The normalized spacial score (nSPS) is 31.6. The smallest absolute Gasteiger partial charge is 0.320 e. The Hall–Kier alpha value is -1.34. The molecule has 7 nitrogen and oxygen atoms in total. The molecule has 30 heavy (non-hydrogen) atoms. The Morgan fingerprint density at radius 1 is 0.900 bits per heavy atom. The third kappa shape index (κ3) is 4.20. The number of hydrogen-bond donors (Lipinski definition) is 0. The molecule has 4 aliphatic rings. The molecular weight excluding hydrogens is 378 g/mol. The lowest BCUT2D eigenvalue weighted by Crippen LogP contribution is -2.63. The molecule has 0 aromatic carbocycles. The Bertz CT molecular complexity index is 640. The molecule has 0 N–H and O–H groups in total. The summed E-state index contributed by atoms with van der Waals surface area (Å²) in [6.45, 7) is 17.0. The van der Waals surface area contributed by atoms with Crippen LogP contribution in [0, 0.1) is 0 Å². The van der Waals surface area contributed by atoms with E-state index in [2.05, 4.69) is 47.3 Å². The maximum atomic E-state index is 13.1. The van der Waals surface area contributed by atoms with Gasteiger partial charge in [-0.15, -0.1) is 0 Å². The third-order valence-corrected chi connectivity index (χ3v) is 7.99. The van der Waals surface area contributed by atoms with Gasteiger partial charge in [0.15, 0.2) is 0 Å². The largest absolute Gasteiger partial charge is 0.340 e. The van der Waals surface area contributed by atoms with Crippen molar-refractivity contribution in [3.05, 3.63) is 0 Å². The minimum absolute atomic E-state index is 0.176. The summed E-state index contributed by atoms with van der Waals surface area (Å²) in [4.78, 5) is 36.3. The van der Waals surface area contributed by atoms with E-state index in [4.69, 9.17) is 0 Å². The molecule has 0 aliphatic carbocycles. The first-order valence-corrected chi connectivity index (χ1v) is 12.0. The molecular formula is C23H41N5O2. The summed E-state index contributed by atoms with van der Waals surface area (Å²) in [6, 6.07) is 2.08. The second-order valence-electron chi connectivity index (χ2n) is 10.9. The lowest BCUT2D eigenvalue weighted by molar-refractivity contribution is -0.133. The number of fused-ring (bicyclic) bond motifs is 2. The Kier molecular flexibility index (Phi) is 6.05. The van der Waals surface area contributed by atoms with E-state index in [0.717, 1.165) is 58.7 Å². The van der Waals surface area contributed by atoms with E-state index in [9.17, 15) is 9.59 Å². The van der Waals surface area contributed by atoms with E-state index in [1.165, 1.54) is 12.8 Å². The number of hydrogen-bond acceptors (Lipinski definition) is 4. The molecule has 4 atom stereocenters. The van der Waals surface area contributed by atoms with E-state index >= 15 is 0 Å². The zero-order valence-electron chi connectivity index (χ0n) is 19.6. The molecule has 0 aromatic heterocycles. The molecule has 4 unspecified atom stereocenters. The van der Waals surface area contributed by atoms with Crippen LogP contribution in [-0.4, -0.2) is 112 Å². The standard InChI is InChI=1S/C23H41N5O2/c1-17(28-20-6-7-21(28)16-25(15-20)18(2)29)14-19-8-9-27(19)22(30)24-10-12-26(13-11-24)23(3,4)5/h17,19-21H,6-16H2,1-5H3. The molecule has 4 fully saturated rings. The van der Waals surface area contributed by atoms with Gasteiger partial charge in [0.1, 0.15) is 0 Å². The van der Waals surface area contributed by atoms with Crippen LogP contribution in [0.2, 0.25) is 0 Å². The fourth-order valence-corrected chi connectivity index (χ4v) is 6.12. The Morgan fingerprint density at radius 2 is 1.50 bits per heavy atom. The minimum Gasteiger partial charge on any atom is -0.340 e. The SMILES string of the molecule is CC(=O)N1CC2CCC(C1)N2C(C)CC1CCN1C(=O)N1CCN(C(C)(C)C)CC1. The number of nitrogens with zero attached hydrogens (tertiary/aromatic N) is 5. The monoisotopic (exact) mass is 419 g/mol. The number of urea groups is 1. The van der Waals surface area contributed by atoms with Crippen molar-refractivity contribution in [2.24, 2.45) is 0 Å². The number of carbonyl (C=O) groups excluding carboxylic acids is 2. The van der Waals surface area contributed by atoms with Crippen LogP contribution in [0.4, 0.5) is 4.79 Å². The second-order valence-corrected chi connectivity index (χ2v) is 10.9. The van der Waals surface area contributed by atoms with E-state index in [1.54, 1.807) is 6.92 Å². The highest BCUT2D eigenvalue weighted by Gasteiger charge is 2.45. The summed E-state index contributed by atoms with van der Waals surface area (Å²) < 4.78 is 0. The molecule has 0 saturated carbocycles. The van der Waals surface area contributed by atoms with Gasteiger partial charge in [-0.3, -0.25) is 14.6 Å². The van der Waals surface area contributed by atoms with Gasteiger partial charge in [0.05, 0.1) is 0 Å². The van der Waals surface area contributed by atoms with E-state index in [1.807, 2.05) is 4.90 Å². The van der Waals surface area contributed by atoms with Crippen LogP contribution in [0.1, 0.15) is 60.3 Å². The predicted octanol–water partition coefficient (Wildman–Crippen LogP) is 2.07. The molecule has 7 heteroatoms. The van der Waals surface area contributed by atoms with Gasteiger partial charge in [-0.1, -0.05) is 0 Å². The molecule has 4 rings (SSSR count). The highest BCUT2D eigenvalue weighted by Crippen LogP contribution is 2.35. The predicted molar refractivity (Wildman–Crippen MR) is 118 cm³/mol. The number of carbonyl (C=O) groups is 2. The summed E-state index contributed by atoms with van der Waals surface area (Å²) in [5.41, 5.74) is 0.176. The van der Waals surface area contributed by atoms with Gasteiger partial charge < -0.3 is 14.7 Å². The molecule has 3 amide bonds. The summed E-state index contributed by atoms with van der Waals surface area (Å²) in [5, 5.41) is 0. The molecule has 4 aliphatic heterocycles. The topological polar surface area (TPSA) is 50.3 Å². The van der Waals surface area contributed by atoms with Gasteiger partial charge in [0, 0.05) is 82.4 Å². The van der Waals surface area contributed by atoms with Gasteiger partial charge >= 0.3 is 6.03 Å². The molecule has 2 bridgehead atoms. The van der Waals surface area contributed by atoms with Gasteiger partial charge in [-0.25, -0.2) is 4.79 Å². The second kappa shape index (κ2) is 8.30. The molecule has 0 radical (unpaired) electrons. The first kappa shape index (κ1) is 21.9. The van der Waals surface area contributed by atoms with Crippen molar-refractivity contribution in [1.29, 1.82) is 0 Å². The average Bonchev–Trinajstić information content (AvgIpc) is 2.93. The van der Waals surface area contributed by atoms with Crippen molar-refractivity contribution in [3.63, 3.8) is 0 Å². The highest BCUT2D eigenvalue weighted by atomic mass is 16.2. The maximum Gasteiger partial charge on any atom is 0.320 e. The maximum absolute atomic E-state index is 13.1. The van der Waals surface area contributed by atoms with Crippen LogP contribution in [0.15, 0.2) is 0 Å². The molecule has 0 spiro atoms. The van der Waals surface area contributed by atoms with Crippen molar-refractivity contribution >= 4 is 11.9 Å². The lowest BCUT2D eigenvalue weighted by Gasteiger charge is -2.50. The van der Waals surface area contributed by atoms with Gasteiger partial charge in [-0.05, 0) is 53.4 Å². The van der Waals surface area contributed by atoms with Crippen molar-refractivity contribution < 1.29 is 9.59 Å². The number of amides is 3. The van der Waals surface area contributed by atoms with Crippen molar-refractivity contribution in [3.8, 4) is 0 Å². The highest BCUT2D eigenvalue weighted by molar-refractivity contribution is 5.76. The Balaban J connectivity index is 1.29. The van der Waals surface area contributed by atoms with E-state index in [-0.39, 0.29) is 17.5 Å². The van der Waals surface area contributed by atoms with E-state index < -0.39 is 0 Å². The summed E-state index contributed by atoms with van der Waals surface area (Å²) in [6.07, 6.45) is 4.58. The molecule has 4 saturated heterocycles. The van der Waals surface area contributed by atoms with Crippen molar-refractivity contribution in [2.75, 3.05) is 45.8 Å². The van der Waals surface area contributed by atoms with Gasteiger partial charge in [0.2, 0.25) is 5.91 Å². The van der Waals surface area contributed by atoms with E-state index in [0.29, 0.717) is 24.2 Å². The average molecular weight is 420 g/mol. The van der Waals surface area contributed by atoms with Gasteiger partial charge in [-0.2, -0.15) is 0 Å². The number of likely N-dealkylation sites (tertiary alicyclic amines) is 2. The fourth-order valence-electron chi connectivity index (χ4n) is 6.12. The molecule has 0 aromatic rings. The van der Waals surface area contributed by atoms with Crippen molar-refractivity contribution in [2.45, 2.75) is 90.0 Å². The van der Waals surface area contributed by atoms with Crippen LogP contribution < -0.4 is 0 Å². The minimum atomic E-state index is 0.176. The first-order valence-electron chi connectivity index (χ1n) is 12.0. The number of piperazine rings is 2. The van der Waals surface area contributed by atoms with Crippen LogP contribution in [0.3, 0.4) is 0 Å². The zero-order valence-corrected chi connectivity index (χ0v) is 19.6. The van der Waals surface area contributed by atoms with Crippen molar-refractivity contribution in [1.82, 2.24) is 24.5 Å². The van der Waals surface area contributed by atoms with Crippen LogP contribution in [0.5, 0.6) is 0 Å². The lowest BCUT2D eigenvalue weighted by atomic mass is 9.94. The van der Waals surface area contributed by atoms with Crippen LogP contribution in [0.25, 0.3) is 0 Å². The van der Waals surface area contributed by atoms with Gasteiger partial charge in [0.25, 0.3) is 0 Å². The number of rotatable bonds is 3. The van der Waals surface area contributed by atoms with Crippen LogP contribution >= 0.6 is 0 Å². The Labute approximate surface area is 182 Å². The summed E-state index contributed by atoms with van der Waals surface area (Å²) in [7, 11) is 0. The zero-order chi connectivity index (χ0) is 21.6. The van der Waals surface area contributed by atoms with Crippen LogP contribution in [-0.2, 0) is 4.79 Å². The first-order chi connectivity index (χ1) is 14.1. The fraction of sp³-hybridized carbons (Fsp3) is 0.913.